The maximum absolute atomic E-state index is 12.1. The first-order valence-electron chi connectivity index (χ1n) is 16.7. The first kappa shape index (κ1) is 38.9. The summed E-state index contributed by atoms with van der Waals surface area (Å²) < 4.78 is 10.5. The molecule has 236 valence electrons. The Morgan fingerprint density at radius 1 is 0.585 bits per heavy atom. The molecule has 5 nitrogen and oxygen atoms in total. The molecular formula is C36H62O5. The number of allylic oxidation sites excluding steroid dienone is 8. The van der Waals surface area contributed by atoms with E-state index in [9.17, 15) is 14.7 Å². The summed E-state index contributed by atoms with van der Waals surface area (Å²) in [5.41, 5.74) is 0. The van der Waals surface area contributed by atoms with Crippen molar-refractivity contribution in [1.29, 1.82) is 0 Å². The molecule has 0 aromatic heterocycles. The van der Waals surface area contributed by atoms with Crippen LogP contribution in [0.4, 0.5) is 0 Å². The molecule has 0 fully saturated rings. The van der Waals surface area contributed by atoms with E-state index in [2.05, 4.69) is 62.5 Å². The van der Waals surface area contributed by atoms with Gasteiger partial charge < -0.3 is 14.6 Å². The predicted octanol–water partition coefficient (Wildman–Crippen LogP) is 9.89. The number of rotatable bonds is 29. The van der Waals surface area contributed by atoms with Gasteiger partial charge in [-0.15, -0.1) is 0 Å². The van der Waals surface area contributed by atoms with Gasteiger partial charge in [-0.3, -0.25) is 9.59 Å². The molecule has 0 aliphatic heterocycles. The Kier molecular flexibility index (Phi) is 30.7. The first-order valence-corrected chi connectivity index (χ1v) is 16.7. The highest BCUT2D eigenvalue weighted by molar-refractivity contribution is 5.70. The lowest BCUT2D eigenvalue weighted by atomic mass is 10.1. The fourth-order valence-electron chi connectivity index (χ4n) is 4.37. The van der Waals surface area contributed by atoms with E-state index < -0.39 is 6.10 Å². The van der Waals surface area contributed by atoms with E-state index in [1.807, 2.05) is 0 Å². The molecule has 0 aromatic rings. The highest BCUT2D eigenvalue weighted by Gasteiger charge is 2.16. The van der Waals surface area contributed by atoms with Gasteiger partial charge in [0.15, 0.2) is 6.10 Å². The minimum Gasteiger partial charge on any atom is -0.462 e. The van der Waals surface area contributed by atoms with E-state index in [1.54, 1.807) is 0 Å². The van der Waals surface area contributed by atoms with Crippen molar-refractivity contribution in [2.45, 2.75) is 155 Å². The number of hydrogen-bond acceptors (Lipinski definition) is 5. The standard InChI is InChI=1S/C36H62O5/c1-3-5-7-9-11-13-15-16-17-18-19-20-21-23-25-27-29-31-36(39)41-34(32-37)33-40-35(38)30-28-26-24-22-14-12-10-8-6-4-2/h5,7,11,13,16-17,19-20,34,37H,3-4,6,8-10,12,14-15,18,21-33H2,1-2H3/b7-5-,13-11-,17-16-,20-19-. The zero-order valence-corrected chi connectivity index (χ0v) is 26.5. The molecule has 0 rings (SSSR count). The van der Waals surface area contributed by atoms with Crippen LogP contribution in [0.15, 0.2) is 48.6 Å². The van der Waals surface area contributed by atoms with Crippen molar-refractivity contribution in [3.8, 4) is 0 Å². The summed E-state index contributed by atoms with van der Waals surface area (Å²) in [7, 11) is 0. The van der Waals surface area contributed by atoms with Gasteiger partial charge in [0.05, 0.1) is 6.61 Å². The van der Waals surface area contributed by atoms with Crippen LogP contribution in [0, 0.1) is 0 Å². The van der Waals surface area contributed by atoms with E-state index in [0.29, 0.717) is 12.8 Å². The molecule has 0 radical (unpaired) electrons. The SMILES string of the molecule is CC/C=C\C/C=C\C/C=C\C/C=C\CCCCCCC(=O)OC(CO)COC(=O)CCCCCCCCCCCC. The fraction of sp³-hybridized carbons (Fsp3) is 0.722. The zero-order valence-electron chi connectivity index (χ0n) is 26.5. The van der Waals surface area contributed by atoms with Crippen LogP contribution in [0.2, 0.25) is 0 Å². The molecule has 41 heavy (non-hydrogen) atoms. The van der Waals surface area contributed by atoms with E-state index in [4.69, 9.17) is 9.47 Å². The van der Waals surface area contributed by atoms with Gasteiger partial charge in [0.2, 0.25) is 0 Å². The predicted molar refractivity (Wildman–Crippen MR) is 173 cm³/mol. The summed E-state index contributed by atoms with van der Waals surface area (Å²) in [6.45, 7) is 3.97. The zero-order chi connectivity index (χ0) is 30.1. The molecule has 0 saturated carbocycles. The van der Waals surface area contributed by atoms with Crippen LogP contribution >= 0.6 is 0 Å². The van der Waals surface area contributed by atoms with Crippen LogP contribution in [-0.4, -0.2) is 36.4 Å². The van der Waals surface area contributed by atoms with Crippen LogP contribution in [0.5, 0.6) is 0 Å². The van der Waals surface area contributed by atoms with Crippen molar-refractivity contribution in [2.75, 3.05) is 13.2 Å². The molecule has 0 aliphatic rings. The Morgan fingerprint density at radius 3 is 1.59 bits per heavy atom. The molecule has 0 aromatic carbocycles. The number of esters is 2. The summed E-state index contributed by atoms with van der Waals surface area (Å²) in [4.78, 5) is 24.1. The largest absolute Gasteiger partial charge is 0.462 e. The monoisotopic (exact) mass is 574 g/mol. The Balaban J connectivity index is 3.66. The Morgan fingerprint density at radius 2 is 1.05 bits per heavy atom. The number of ether oxygens (including phenoxy) is 2. The van der Waals surface area contributed by atoms with Gasteiger partial charge >= 0.3 is 11.9 Å². The van der Waals surface area contributed by atoms with E-state index >= 15 is 0 Å². The number of unbranched alkanes of at least 4 members (excludes halogenated alkanes) is 13. The van der Waals surface area contributed by atoms with Crippen LogP contribution < -0.4 is 0 Å². The second kappa shape index (κ2) is 32.4. The third kappa shape index (κ3) is 30.6. The maximum Gasteiger partial charge on any atom is 0.306 e. The summed E-state index contributed by atoms with van der Waals surface area (Å²) in [6.07, 6.45) is 38.8. The molecule has 0 saturated heterocycles. The lowest BCUT2D eigenvalue weighted by molar-refractivity contribution is -0.161. The van der Waals surface area contributed by atoms with Crippen molar-refractivity contribution in [1.82, 2.24) is 0 Å². The molecule has 0 amide bonds. The van der Waals surface area contributed by atoms with Crippen LogP contribution in [0.3, 0.4) is 0 Å². The Labute approximate surface area is 252 Å². The van der Waals surface area contributed by atoms with Crippen LogP contribution in [-0.2, 0) is 19.1 Å². The topological polar surface area (TPSA) is 72.8 Å². The quantitative estimate of drug-likeness (QED) is 0.0547. The highest BCUT2D eigenvalue weighted by atomic mass is 16.6. The minimum atomic E-state index is -0.780. The summed E-state index contributed by atoms with van der Waals surface area (Å²) in [5.74, 6) is -0.624. The van der Waals surface area contributed by atoms with Gasteiger partial charge in [0.25, 0.3) is 0 Å². The van der Waals surface area contributed by atoms with Gasteiger partial charge in [-0.2, -0.15) is 0 Å². The molecule has 1 N–H and O–H groups in total. The summed E-state index contributed by atoms with van der Waals surface area (Å²) >= 11 is 0. The molecule has 0 bridgehead atoms. The lowest BCUT2D eigenvalue weighted by Crippen LogP contribution is -2.28. The number of aliphatic hydroxyl groups excluding tert-OH is 1. The van der Waals surface area contributed by atoms with Crippen molar-refractivity contribution < 1.29 is 24.2 Å². The average Bonchev–Trinajstić information content (AvgIpc) is 2.97. The lowest BCUT2D eigenvalue weighted by Gasteiger charge is -2.15. The number of aliphatic hydroxyl groups is 1. The van der Waals surface area contributed by atoms with Gasteiger partial charge in [-0.1, -0.05) is 133 Å². The van der Waals surface area contributed by atoms with Crippen LogP contribution in [0.1, 0.15) is 149 Å². The molecule has 0 spiro atoms. The Hall–Kier alpha value is -2.14. The van der Waals surface area contributed by atoms with Crippen molar-refractivity contribution in [2.24, 2.45) is 0 Å². The van der Waals surface area contributed by atoms with Gasteiger partial charge in [0, 0.05) is 12.8 Å². The van der Waals surface area contributed by atoms with Gasteiger partial charge in [0.1, 0.15) is 6.61 Å². The summed E-state index contributed by atoms with van der Waals surface area (Å²) in [5, 5.41) is 9.49. The first-order chi connectivity index (χ1) is 20.1. The summed E-state index contributed by atoms with van der Waals surface area (Å²) in [6, 6.07) is 0. The molecule has 1 unspecified atom stereocenters. The van der Waals surface area contributed by atoms with Crippen LogP contribution in [0.25, 0.3) is 0 Å². The smallest absolute Gasteiger partial charge is 0.306 e. The minimum absolute atomic E-state index is 0.0757. The number of carbonyl (C=O) groups is 2. The van der Waals surface area contributed by atoms with Crippen molar-refractivity contribution in [3.63, 3.8) is 0 Å². The third-order valence-corrected chi connectivity index (χ3v) is 6.89. The van der Waals surface area contributed by atoms with E-state index in [0.717, 1.165) is 77.0 Å². The second-order valence-electron chi connectivity index (χ2n) is 10.9. The van der Waals surface area contributed by atoms with E-state index in [1.165, 1.54) is 44.9 Å². The normalized spacial score (nSPS) is 12.8. The average molecular weight is 575 g/mol. The van der Waals surface area contributed by atoms with Crippen molar-refractivity contribution >= 4 is 11.9 Å². The number of carbonyl (C=O) groups excluding carboxylic acids is 2. The maximum atomic E-state index is 12.1. The molecule has 0 aliphatic carbocycles. The van der Waals surface area contributed by atoms with E-state index in [-0.39, 0.29) is 25.2 Å². The Bertz CT molecular complexity index is 707. The second-order valence-corrected chi connectivity index (χ2v) is 10.9. The molecule has 5 heteroatoms. The van der Waals surface area contributed by atoms with Gasteiger partial charge in [-0.05, 0) is 51.4 Å². The molecule has 0 heterocycles. The molecule has 1 atom stereocenters. The van der Waals surface area contributed by atoms with Gasteiger partial charge in [-0.25, -0.2) is 0 Å². The molecular weight excluding hydrogens is 512 g/mol. The third-order valence-electron chi connectivity index (χ3n) is 6.89. The number of hydrogen-bond donors (Lipinski definition) is 1. The highest BCUT2D eigenvalue weighted by Crippen LogP contribution is 2.12. The van der Waals surface area contributed by atoms with Crippen molar-refractivity contribution in [3.05, 3.63) is 48.6 Å². The fourth-order valence-corrected chi connectivity index (χ4v) is 4.37.